The molecule has 3 aromatic rings. The second kappa shape index (κ2) is 9.10. The molecule has 0 unspecified atom stereocenters. The van der Waals surface area contributed by atoms with Crippen LogP contribution in [0.2, 0.25) is 5.02 Å². The van der Waals surface area contributed by atoms with Crippen LogP contribution in [0.25, 0.3) is 0 Å². The highest BCUT2D eigenvalue weighted by Gasteiger charge is 2.36. The molecule has 1 aliphatic rings. The Kier molecular flexibility index (Phi) is 6.46. The average molecular weight is 567 g/mol. The van der Waals surface area contributed by atoms with Crippen molar-refractivity contribution in [3.8, 4) is 11.5 Å². The van der Waals surface area contributed by atoms with Gasteiger partial charge in [0.2, 0.25) is 0 Å². The lowest BCUT2D eigenvalue weighted by molar-refractivity contribution is 0.0974. The predicted molar refractivity (Wildman–Crippen MR) is 131 cm³/mol. The summed E-state index contributed by atoms with van der Waals surface area (Å²) in [5.74, 6) is 1.05. The fourth-order valence-corrected chi connectivity index (χ4v) is 4.75. The van der Waals surface area contributed by atoms with Crippen molar-refractivity contribution < 1.29 is 14.3 Å². The molecule has 5 nitrogen and oxygen atoms in total. The molecule has 0 radical (unpaired) electrons. The topological polar surface area (TPSA) is 50.8 Å². The third-order valence-electron chi connectivity index (χ3n) is 4.99. The molecule has 160 valence electrons. The number of carbonyl (C=O) groups excluding carboxylic acids is 1. The van der Waals surface area contributed by atoms with Gasteiger partial charge in [0.05, 0.1) is 23.8 Å². The van der Waals surface area contributed by atoms with Crippen molar-refractivity contribution in [3.63, 3.8) is 0 Å². The summed E-state index contributed by atoms with van der Waals surface area (Å²) in [7, 11) is 1.59. The Labute approximate surface area is 202 Å². The number of carbonyl (C=O) groups is 1. The second-order valence-corrected chi connectivity index (χ2v) is 8.82. The predicted octanol–water partition coefficient (Wildman–Crippen LogP) is 7.04. The number of fused-ring (bicyclic) bond motifs is 1. The molecule has 0 aromatic heterocycles. The summed E-state index contributed by atoms with van der Waals surface area (Å²) in [5.41, 5.74) is 2.89. The van der Waals surface area contributed by atoms with Crippen LogP contribution in [-0.2, 0) is 0 Å². The quantitative estimate of drug-likeness (QED) is 0.360. The van der Waals surface area contributed by atoms with Gasteiger partial charge in [0.1, 0.15) is 6.17 Å². The molecule has 31 heavy (non-hydrogen) atoms. The first-order valence-corrected chi connectivity index (χ1v) is 11.6. The highest BCUT2D eigenvalue weighted by molar-refractivity contribution is 9.13. The van der Waals surface area contributed by atoms with Gasteiger partial charge in [-0.2, -0.15) is 0 Å². The molecular formula is C23H19Br2ClN2O3. The maximum atomic E-state index is 13.6. The van der Waals surface area contributed by atoms with E-state index in [2.05, 4.69) is 37.2 Å². The Balaban J connectivity index is 1.91. The van der Waals surface area contributed by atoms with E-state index in [1.54, 1.807) is 24.1 Å². The van der Waals surface area contributed by atoms with E-state index in [1.807, 2.05) is 49.4 Å². The number of benzene rings is 3. The standard InChI is InChI=1S/C23H19Br2ClN2O3/c1-3-31-21-18(30-2)12-16(19(24)20(21)25)22-27-17-7-5-4-6-15(17)23(29)28(22)14-10-8-13(26)9-11-14/h4-12,22,27H,3H2,1-2H3/t22-/m1/s1. The first kappa shape index (κ1) is 22.0. The zero-order valence-corrected chi connectivity index (χ0v) is 20.7. The summed E-state index contributed by atoms with van der Waals surface area (Å²) in [6.45, 7) is 2.40. The van der Waals surface area contributed by atoms with Crippen molar-refractivity contribution >= 4 is 60.7 Å². The number of ether oxygens (including phenoxy) is 2. The van der Waals surface area contributed by atoms with E-state index < -0.39 is 6.17 Å². The number of nitrogens with one attached hydrogen (secondary N) is 1. The van der Waals surface area contributed by atoms with E-state index in [4.69, 9.17) is 21.1 Å². The lowest BCUT2D eigenvalue weighted by Crippen LogP contribution is -2.43. The molecule has 8 heteroatoms. The molecule has 0 fully saturated rings. The zero-order valence-electron chi connectivity index (χ0n) is 16.8. The molecule has 0 saturated carbocycles. The molecule has 1 aliphatic heterocycles. The third kappa shape index (κ3) is 4.02. The van der Waals surface area contributed by atoms with Gasteiger partial charge in [0.25, 0.3) is 5.91 Å². The van der Waals surface area contributed by atoms with Gasteiger partial charge in [-0.15, -0.1) is 0 Å². The SMILES string of the molecule is CCOc1c(OC)cc([C@@H]2Nc3ccccc3C(=O)N2c2ccc(Cl)cc2)c(Br)c1Br. The number of rotatable bonds is 5. The van der Waals surface area contributed by atoms with Gasteiger partial charge in [-0.05, 0) is 81.2 Å². The summed E-state index contributed by atoms with van der Waals surface area (Å²) >= 11 is 13.4. The molecule has 1 heterocycles. The zero-order chi connectivity index (χ0) is 22.1. The Morgan fingerprint density at radius 3 is 2.48 bits per heavy atom. The molecule has 1 N–H and O–H groups in total. The van der Waals surface area contributed by atoms with Crippen molar-refractivity contribution in [3.05, 3.63) is 79.7 Å². The molecule has 1 amide bonds. The highest BCUT2D eigenvalue weighted by atomic mass is 79.9. The van der Waals surface area contributed by atoms with Crippen LogP contribution in [0.1, 0.15) is 29.0 Å². The minimum atomic E-state index is -0.501. The van der Waals surface area contributed by atoms with Gasteiger partial charge in [0.15, 0.2) is 11.5 Å². The monoisotopic (exact) mass is 564 g/mol. The molecule has 1 atom stereocenters. The van der Waals surface area contributed by atoms with Gasteiger partial charge in [0, 0.05) is 26.4 Å². The molecule has 4 rings (SSSR count). The van der Waals surface area contributed by atoms with Gasteiger partial charge in [-0.3, -0.25) is 9.69 Å². The van der Waals surface area contributed by atoms with Gasteiger partial charge in [-0.1, -0.05) is 23.7 Å². The van der Waals surface area contributed by atoms with Gasteiger partial charge < -0.3 is 14.8 Å². The lowest BCUT2D eigenvalue weighted by Gasteiger charge is -2.39. The molecule has 0 bridgehead atoms. The van der Waals surface area contributed by atoms with Crippen LogP contribution in [0, 0.1) is 0 Å². The van der Waals surface area contributed by atoms with E-state index in [1.165, 1.54) is 0 Å². The Bertz CT molecular complexity index is 1140. The molecule has 3 aromatic carbocycles. The van der Waals surface area contributed by atoms with Crippen molar-refractivity contribution in [1.82, 2.24) is 0 Å². The summed E-state index contributed by atoms with van der Waals surface area (Å²) < 4.78 is 12.8. The smallest absolute Gasteiger partial charge is 0.262 e. The first-order chi connectivity index (χ1) is 15.0. The molecule has 0 spiro atoms. The molecule has 0 saturated heterocycles. The van der Waals surface area contributed by atoms with E-state index in [0.29, 0.717) is 33.2 Å². The van der Waals surface area contributed by atoms with Crippen LogP contribution >= 0.6 is 43.5 Å². The van der Waals surface area contributed by atoms with Crippen molar-refractivity contribution in [2.75, 3.05) is 23.9 Å². The average Bonchev–Trinajstić information content (AvgIpc) is 2.78. The van der Waals surface area contributed by atoms with Crippen LogP contribution in [0.4, 0.5) is 11.4 Å². The molecule has 0 aliphatic carbocycles. The van der Waals surface area contributed by atoms with Crippen molar-refractivity contribution in [2.24, 2.45) is 0 Å². The highest BCUT2D eigenvalue weighted by Crippen LogP contribution is 2.47. The number of hydrogen-bond donors (Lipinski definition) is 1. The number of para-hydroxylation sites is 1. The number of amides is 1. The third-order valence-corrected chi connectivity index (χ3v) is 7.39. The largest absolute Gasteiger partial charge is 0.493 e. The summed E-state index contributed by atoms with van der Waals surface area (Å²) in [6, 6.07) is 16.5. The molecular weight excluding hydrogens is 548 g/mol. The van der Waals surface area contributed by atoms with Crippen LogP contribution in [0.3, 0.4) is 0 Å². The Morgan fingerprint density at radius 2 is 1.81 bits per heavy atom. The second-order valence-electron chi connectivity index (χ2n) is 6.80. The minimum Gasteiger partial charge on any atom is -0.493 e. The lowest BCUT2D eigenvalue weighted by atomic mass is 10.0. The van der Waals surface area contributed by atoms with E-state index in [9.17, 15) is 4.79 Å². The van der Waals surface area contributed by atoms with Crippen LogP contribution < -0.4 is 19.7 Å². The Morgan fingerprint density at radius 1 is 1.10 bits per heavy atom. The van der Waals surface area contributed by atoms with E-state index in [0.717, 1.165) is 21.4 Å². The fraction of sp³-hybridized carbons (Fsp3) is 0.174. The maximum Gasteiger partial charge on any atom is 0.262 e. The normalized spacial score (nSPS) is 15.3. The number of hydrogen-bond acceptors (Lipinski definition) is 4. The van der Waals surface area contributed by atoms with Crippen molar-refractivity contribution in [1.29, 1.82) is 0 Å². The summed E-state index contributed by atoms with van der Waals surface area (Å²) in [4.78, 5) is 15.3. The number of anilines is 2. The maximum absolute atomic E-state index is 13.6. The number of halogens is 3. The van der Waals surface area contributed by atoms with Gasteiger partial charge in [-0.25, -0.2) is 0 Å². The van der Waals surface area contributed by atoms with Crippen LogP contribution in [0.15, 0.2) is 63.5 Å². The van der Waals surface area contributed by atoms with Crippen molar-refractivity contribution in [2.45, 2.75) is 13.1 Å². The van der Waals surface area contributed by atoms with Crippen LogP contribution in [0.5, 0.6) is 11.5 Å². The van der Waals surface area contributed by atoms with E-state index in [-0.39, 0.29) is 5.91 Å². The van der Waals surface area contributed by atoms with E-state index >= 15 is 0 Å². The summed E-state index contributed by atoms with van der Waals surface area (Å²) in [6.07, 6.45) is -0.501. The Hall–Kier alpha value is -2.22. The fourth-order valence-electron chi connectivity index (χ4n) is 3.57. The van der Waals surface area contributed by atoms with Crippen LogP contribution in [-0.4, -0.2) is 19.6 Å². The van der Waals surface area contributed by atoms with Gasteiger partial charge >= 0.3 is 0 Å². The first-order valence-electron chi connectivity index (χ1n) is 9.59. The number of nitrogens with zero attached hydrogens (tertiary/aromatic N) is 1. The summed E-state index contributed by atoms with van der Waals surface area (Å²) in [5, 5.41) is 4.10. The number of methoxy groups -OCH3 is 1. The minimum absolute atomic E-state index is 0.113.